The van der Waals surface area contributed by atoms with Crippen molar-refractivity contribution in [2.45, 2.75) is 4.90 Å². The molecule has 24 heavy (non-hydrogen) atoms. The Morgan fingerprint density at radius 1 is 1.04 bits per heavy atom. The summed E-state index contributed by atoms with van der Waals surface area (Å²) in [7, 11) is -3.93. The van der Waals surface area contributed by atoms with Gasteiger partial charge in [-0.3, -0.25) is 15.1 Å². The van der Waals surface area contributed by atoms with Gasteiger partial charge in [0, 0.05) is 18.3 Å². The second-order valence-electron chi connectivity index (χ2n) is 4.59. The van der Waals surface area contributed by atoms with Crippen LogP contribution in [-0.4, -0.2) is 25.5 Å². The average Bonchev–Trinajstić information content (AvgIpc) is 2.52. The second kappa shape index (κ2) is 6.87. The number of guanidine groups is 1. The van der Waals surface area contributed by atoms with Crippen molar-refractivity contribution in [1.29, 1.82) is 0 Å². The molecule has 4 N–H and O–H groups in total. The minimum atomic E-state index is -3.93. The van der Waals surface area contributed by atoms with E-state index in [0.29, 0.717) is 11.3 Å². The maximum absolute atomic E-state index is 11.8. The highest BCUT2D eigenvalue weighted by atomic mass is 32.2. The van der Waals surface area contributed by atoms with Gasteiger partial charge in [0.15, 0.2) is 0 Å². The first-order valence-electron chi connectivity index (χ1n) is 6.52. The number of nitro benzene ring substituents is 1. The number of benzene rings is 2. The summed E-state index contributed by atoms with van der Waals surface area (Å²) in [5.41, 5.74) is 11.3. The van der Waals surface area contributed by atoms with Crippen LogP contribution in [0.1, 0.15) is 5.56 Å². The lowest BCUT2D eigenvalue weighted by molar-refractivity contribution is -0.384. The number of non-ortho nitro benzene ring substituents is 1. The first kappa shape index (κ1) is 17.1. The normalized spacial score (nSPS) is 11.3. The summed E-state index contributed by atoms with van der Waals surface area (Å²) in [4.78, 5) is 14.2. The first-order chi connectivity index (χ1) is 11.3. The fourth-order valence-electron chi connectivity index (χ4n) is 1.73. The van der Waals surface area contributed by atoms with Gasteiger partial charge < -0.3 is 11.5 Å². The Balaban J connectivity index is 2.17. The largest absolute Gasteiger partial charge is 0.369 e. The maximum Gasteiger partial charge on any atom is 0.285 e. The SMILES string of the molecule is NC(N)=NS(=O)(=O)c1ccc(N=Cc2ccc([N+](=O)[O-])cc2)cc1. The van der Waals surface area contributed by atoms with Crippen LogP contribution in [0.4, 0.5) is 11.4 Å². The van der Waals surface area contributed by atoms with Crippen LogP contribution in [0.25, 0.3) is 0 Å². The van der Waals surface area contributed by atoms with E-state index in [2.05, 4.69) is 9.39 Å². The van der Waals surface area contributed by atoms with Gasteiger partial charge in [0.05, 0.1) is 15.5 Å². The number of hydrogen-bond donors (Lipinski definition) is 2. The molecular formula is C14H13N5O4S. The van der Waals surface area contributed by atoms with Crippen LogP contribution < -0.4 is 11.5 Å². The fourth-order valence-corrected chi connectivity index (χ4v) is 2.59. The molecule has 0 bridgehead atoms. The van der Waals surface area contributed by atoms with E-state index in [1.807, 2.05) is 0 Å². The highest BCUT2D eigenvalue weighted by molar-refractivity contribution is 7.90. The Morgan fingerprint density at radius 3 is 2.12 bits per heavy atom. The van der Waals surface area contributed by atoms with Gasteiger partial charge in [-0.1, -0.05) is 0 Å². The van der Waals surface area contributed by atoms with Crippen molar-refractivity contribution in [3.63, 3.8) is 0 Å². The van der Waals surface area contributed by atoms with Gasteiger partial charge in [-0.25, -0.2) is 0 Å². The standard InChI is InChI=1S/C14H13N5O4S/c15-14(16)18-24(22,23)13-7-3-11(4-8-13)17-9-10-1-5-12(6-2-10)19(20)21/h1-9H,(H4,15,16,18). The van der Waals surface area contributed by atoms with E-state index < -0.39 is 20.9 Å². The molecule has 0 saturated heterocycles. The van der Waals surface area contributed by atoms with Crippen molar-refractivity contribution >= 4 is 33.6 Å². The molecule has 0 aliphatic heterocycles. The van der Waals surface area contributed by atoms with Gasteiger partial charge in [-0.2, -0.15) is 8.42 Å². The second-order valence-corrected chi connectivity index (χ2v) is 6.20. The summed E-state index contributed by atoms with van der Waals surface area (Å²) in [5, 5.41) is 10.6. The van der Waals surface area contributed by atoms with Gasteiger partial charge in [0.25, 0.3) is 15.7 Å². The lowest BCUT2D eigenvalue weighted by atomic mass is 10.2. The van der Waals surface area contributed by atoms with Crippen molar-refractivity contribution in [2.24, 2.45) is 20.9 Å². The lowest BCUT2D eigenvalue weighted by Gasteiger charge is -2.00. The molecule has 10 heteroatoms. The van der Waals surface area contributed by atoms with Gasteiger partial charge in [-0.15, -0.1) is 4.40 Å². The molecular weight excluding hydrogens is 334 g/mol. The minimum absolute atomic E-state index is 0.0126. The third kappa shape index (κ3) is 4.36. The molecule has 0 radical (unpaired) electrons. The summed E-state index contributed by atoms with van der Waals surface area (Å²) in [6.07, 6.45) is 1.50. The van der Waals surface area contributed by atoms with Gasteiger partial charge in [0.1, 0.15) is 0 Å². The Kier molecular flexibility index (Phi) is 4.90. The number of nitrogens with zero attached hydrogens (tertiary/aromatic N) is 3. The van der Waals surface area contributed by atoms with Crippen LogP contribution in [0.3, 0.4) is 0 Å². The molecule has 0 aromatic heterocycles. The van der Waals surface area contributed by atoms with Crippen LogP contribution in [0.5, 0.6) is 0 Å². The quantitative estimate of drug-likeness (QED) is 0.359. The highest BCUT2D eigenvalue weighted by Crippen LogP contribution is 2.18. The van der Waals surface area contributed by atoms with E-state index in [1.54, 1.807) is 12.1 Å². The number of sulfonamides is 1. The zero-order valence-corrected chi connectivity index (χ0v) is 13.1. The molecule has 2 rings (SSSR count). The summed E-state index contributed by atoms with van der Waals surface area (Å²) in [6.45, 7) is 0. The molecule has 2 aromatic rings. The molecule has 0 heterocycles. The van der Waals surface area contributed by atoms with Crippen molar-refractivity contribution in [1.82, 2.24) is 0 Å². The zero-order chi connectivity index (χ0) is 17.7. The van der Waals surface area contributed by atoms with Crippen molar-refractivity contribution < 1.29 is 13.3 Å². The molecule has 0 amide bonds. The van der Waals surface area contributed by atoms with Crippen LogP contribution in [0.15, 0.2) is 62.8 Å². The summed E-state index contributed by atoms with van der Waals surface area (Å²) in [5.74, 6) is -0.546. The van der Waals surface area contributed by atoms with E-state index in [9.17, 15) is 18.5 Å². The first-order valence-corrected chi connectivity index (χ1v) is 7.96. The monoisotopic (exact) mass is 347 g/mol. The predicted octanol–water partition coefficient (Wildman–Crippen LogP) is 1.31. The number of nitro groups is 1. The van der Waals surface area contributed by atoms with E-state index in [1.165, 1.54) is 42.6 Å². The van der Waals surface area contributed by atoms with Crippen LogP contribution in [0.2, 0.25) is 0 Å². The molecule has 0 unspecified atom stereocenters. The Bertz CT molecular complexity index is 899. The van der Waals surface area contributed by atoms with Crippen molar-refractivity contribution in [2.75, 3.05) is 0 Å². The van der Waals surface area contributed by atoms with E-state index >= 15 is 0 Å². The average molecular weight is 347 g/mol. The third-order valence-corrected chi connectivity index (χ3v) is 4.15. The number of hydrogen-bond acceptors (Lipinski definition) is 5. The molecule has 9 nitrogen and oxygen atoms in total. The van der Waals surface area contributed by atoms with Crippen molar-refractivity contribution in [3.05, 3.63) is 64.2 Å². The van der Waals surface area contributed by atoms with Gasteiger partial charge in [0.2, 0.25) is 5.96 Å². The molecule has 124 valence electrons. The molecule has 0 atom stereocenters. The molecule has 2 aromatic carbocycles. The van der Waals surface area contributed by atoms with E-state index in [4.69, 9.17) is 11.5 Å². The molecule has 0 saturated carbocycles. The summed E-state index contributed by atoms with van der Waals surface area (Å²) in [6, 6.07) is 11.5. The number of rotatable bonds is 5. The van der Waals surface area contributed by atoms with Gasteiger partial charge >= 0.3 is 0 Å². The fraction of sp³-hybridized carbons (Fsp3) is 0. The zero-order valence-electron chi connectivity index (χ0n) is 12.2. The van der Waals surface area contributed by atoms with Crippen molar-refractivity contribution in [3.8, 4) is 0 Å². The molecule has 0 fully saturated rings. The molecule has 0 spiro atoms. The highest BCUT2D eigenvalue weighted by Gasteiger charge is 2.12. The third-order valence-electron chi connectivity index (χ3n) is 2.83. The lowest BCUT2D eigenvalue weighted by Crippen LogP contribution is -2.24. The molecule has 0 aliphatic carbocycles. The topological polar surface area (TPSA) is 154 Å². The minimum Gasteiger partial charge on any atom is -0.369 e. The van der Waals surface area contributed by atoms with Gasteiger partial charge in [-0.05, 0) is 42.0 Å². The smallest absolute Gasteiger partial charge is 0.285 e. The molecule has 0 aliphatic rings. The number of aliphatic imine (C=N–C) groups is 1. The Labute approximate surface area is 137 Å². The number of nitrogens with two attached hydrogens (primary N) is 2. The Morgan fingerprint density at radius 2 is 1.62 bits per heavy atom. The maximum atomic E-state index is 11.8. The van der Waals surface area contributed by atoms with Crippen LogP contribution in [0, 0.1) is 10.1 Å². The van der Waals surface area contributed by atoms with Crippen LogP contribution in [-0.2, 0) is 10.0 Å². The van der Waals surface area contributed by atoms with Crippen LogP contribution >= 0.6 is 0 Å². The van der Waals surface area contributed by atoms with E-state index in [-0.39, 0.29) is 10.6 Å². The van der Waals surface area contributed by atoms with E-state index in [0.717, 1.165) is 0 Å². The Hall–Kier alpha value is -3.27. The summed E-state index contributed by atoms with van der Waals surface area (Å²) < 4.78 is 26.7. The summed E-state index contributed by atoms with van der Waals surface area (Å²) >= 11 is 0. The predicted molar refractivity (Wildman–Crippen MR) is 89.8 cm³/mol.